The number of carbonyl (C=O) groups is 1. The molecule has 2 aliphatic rings. The molecule has 0 bridgehead atoms. The van der Waals surface area contributed by atoms with Crippen LogP contribution >= 0.6 is 0 Å². The molecular weight excluding hydrogens is 342 g/mol. The quantitative estimate of drug-likeness (QED) is 0.469. The van der Waals surface area contributed by atoms with E-state index in [-0.39, 0.29) is 28.3 Å². The van der Waals surface area contributed by atoms with Crippen LogP contribution in [-0.2, 0) is 9.53 Å². The molecule has 0 radical (unpaired) electrons. The zero-order chi connectivity index (χ0) is 18.4. The number of benzene rings is 1. The van der Waals surface area contributed by atoms with Gasteiger partial charge in [-0.25, -0.2) is 4.79 Å². The van der Waals surface area contributed by atoms with E-state index in [2.05, 4.69) is 19.2 Å². The number of halogens is 2. The summed E-state index contributed by atoms with van der Waals surface area (Å²) in [7, 11) is 1.13. The molecule has 25 heavy (non-hydrogen) atoms. The molecule has 1 aromatic rings. The molecule has 0 spiro atoms. The minimum absolute atomic E-state index is 0.0552. The van der Waals surface area contributed by atoms with Crippen molar-refractivity contribution in [2.75, 3.05) is 7.11 Å². The minimum Gasteiger partial charge on any atom is -0.466 e. The number of aliphatic imine (C=N–C) groups is 1. The standard InChI is InChI=1S/C15H12F2N2O6/c1-7-13(19(21)22)12(9(6-18-7)14(20)23-2)8-3-4-10-11(5-8)25-15(16,17)24-10/h3-6,12-13H,1-2H3. The summed E-state index contributed by atoms with van der Waals surface area (Å²) in [6.07, 6.45) is -2.63. The fourth-order valence-corrected chi connectivity index (χ4v) is 2.83. The third-order valence-electron chi connectivity index (χ3n) is 3.92. The van der Waals surface area contributed by atoms with Crippen LogP contribution < -0.4 is 9.47 Å². The van der Waals surface area contributed by atoms with Gasteiger partial charge in [-0.15, -0.1) is 8.78 Å². The van der Waals surface area contributed by atoms with Crippen molar-refractivity contribution in [3.05, 3.63) is 45.6 Å². The van der Waals surface area contributed by atoms with Gasteiger partial charge >= 0.3 is 12.3 Å². The van der Waals surface area contributed by atoms with E-state index in [0.717, 1.165) is 7.11 Å². The van der Waals surface area contributed by atoms with Gasteiger partial charge in [-0.05, 0) is 24.6 Å². The van der Waals surface area contributed by atoms with E-state index in [1.165, 1.54) is 31.3 Å². The highest BCUT2D eigenvalue weighted by molar-refractivity contribution is 5.97. The Morgan fingerprint density at radius 2 is 2.04 bits per heavy atom. The summed E-state index contributed by atoms with van der Waals surface area (Å²) in [4.78, 5) is 26.8. The molecule has 0 aromatic heterocycles. The predicted octanol–water partition coefficient (Wildman–Crippen LogP) is 2.27. The number of rotatable bonds is 3. The van der Waals surface area contributed by atoms with Crippen LogP contribution in [0.5, 0.6) is 11.5 Å². The Kier molecular flexibility index (Phi) is 3.90. The third-order valence-corrected chi connectivity index (χ3v) is 3.92. The first kappa shape index (κ1) is 16.8. The highest BCUT2D eigenvalue weighted by Crippen LogP contribution is 2.44. The molecule has 0 N–H and O–H groups in total. The number of nitro groups is 1. The number of hydrogen-bond acceptors (Lipinski definition) is 7. The van der Waals surface area contributed by atoms with Gasteiger partial charge < -0.3 is 14.2 Å². The first-order valence-corrected chi connectivity index (χ1v) is 7.09. The summed E-state index contributed by atoms with van der Waals surface area (Å²) in [5, 5.41) is 11.5. The molecule has 2 heterocycles. The summed E-state index contributed by atoms with van der Waals surface area (Å²) in [6, 6.07) is 2.41. The molecule has 2 unspecified atom stereocenters. The van der Waals surface area contributed by atoms with Crippen LogP contribution in [0.4, 0.5) is 8.78 Å². The Balaban J connectivity index is 2.09. The Morgan fingerprint density at radius 3 is 2.68 bits per heavy atom. The summed E-state index contributed by atoms with van der Waals surface area (Å²) >= 11 is 0. The van der Waals surface area contributed by atoms with Crippen molar-refractivity contribution in [2.24, 2.45) is 4.99 Å². The van der Waals surface area contributed by atoms with Crippen molar-refractivity contribution >= 4 is 11.7 Å². The van der Waals surface area contributed by atoms with Gasteiger partial charge in [0.25, 0.3) is 6.04 Å². The molecule has 0 saturated carbocycles. The smallest absolute Gasteiger partial charge is 0.466 e. The highest BCUT2D eigenvalue weighted by Gasteiger charge is 2.46. The van der Waals surface area contributed by atoms with Crippen molar-refractivity contribution in [3.63, 3.8) is 0 Å². The second-order valence-corrected chi connectivity index (χ2v) is 5.43. The van der Waals surface area contributed by atoms with E-state index in [0.29, 0.717) is 0 Å². The summed E-state index contributed by atoms with van der Waals surface area (Å²) < 4.78 is 39.7. The van der Waals surface area contributed by atoms with Crippen LogP contribution in [0, 0.1) is 10.1 Å². The lowest BCUT2D eigenvalue weighted by atomic mass is 9.81. The average Bonchev–Trinajstić information content (AvgIpc) is 2.86. The van der Waals surface area contributed by atoms with Gasteiger partial charge in [0.15, 0.2) is 11.5 Å². The van der Waals surface area contributed by atoms with Crippen LogP contribution in [0.25, 0.3) is 0 Å². The zero-order valence-electron chi connectivity index (χ0n) is 13.1. The van der Waals surface area contributed by atoms with Crippen molar-refractivity contribution in [1.29, 1.82) is 0 Å². The number of alkyl halides is 2. The summed E-state index contributed by atoms with van der Waals surface area (Å²) in [5.41, 5.74) is 0.346. The molecule has 8 nitrogen and oxygen atoms in total. The van der Waals surface area contributed by atoms with Crippen molar-refractivity contribution in [2.45, 2.75) is 25.2 Å². The zero-order valence-corrected chi connectivity index (χ0v) is 13.1. The molecular formula is C15H12F2N2O6. The SMILES string of the molecule is COC(=O)C1=CN=C(C)C([N+](=O)[O-])C1c1ccc2c(c1)OC(F)(F)O2. The Hall–Kier alpha value is -3.04. The van der Waals surface area contributed by atoms with Crippen LogP contribution in [0.1, 0.15) is 18.4 Å². The summed E-state index contributed by atoms with van der Waals surface area (Å²) in [5.74, 6) is -2.33. The molecule has 132 valence electrons. The number of ether oxygens (including phenoxy) is 3. The highest BCUT2D eigenvalue weighted by atomic mass is 19.3. The number of nitrogens with zero attached hydrogens (tertiary/aromatic N) is 2. The van der Waals surface area contributed by atoms with Gasteiger partial charge in [0, 0.05) is 11.1 Å². The number of methoxy groups -OCH3 is 1. The normalized spacial score (nSPS) is 23.5. The number of fused-ring (bicyclic) bond motifs is 1. The number of carbonyl (C=O) groups excluding carboxylic acids is 1. The molecule has 10 heteroatoms. The third kappa shape index (κ3) is 2.90. The van der Waals surface area contributed by atoms with Crippen molar-refractivity contribution < 1.29 is 32.7 Å². The van der Waals surface area contributed by atoms with Gasteiger partial charge in [0.05, 0.1) is 24.3 Å². The monoisotopic (exact) mass is 354 g/mol. The largest absolute Gasteiger partial charge is 0.586 e. The van der Waals surface area contributed by atoms with E-state index >= 15 is 0 Å². The van der Waals surface area contributed by atoms with Crippen LogP contribution in [0.2, 0.25) is 0 Å². The maximum atomic E-state index is 13.2. The number of hydrogen-bond donors (Lipinski definition) is 0. The fourth-order valence-electron chi connectivity index (χ4n) is 2.83. The second-order valence-electron chi connectivity index (χ2n) is 5.43. The molecule has 0 saturated heterocycles. The second kappa shape index (κ2) is 5.80. The number of esters is 1. The first-order valence-electron chi connectivity index (χ1n) is 7.09. The van der Waals surface area contributed by atoms with Gasteiger partial charge in [0.2, 0.25) is 0 Å². The lowest BCUT2D eigenvalue weighted by Gasteiger charge is -2.25. The van der Waals surface area contributed by atoms with Gasteiger partial charge in [-0.1, -0.05) is 6.07 Å². The lowest BCUT2D eigenvalue weighted by Crippen LogP contribution is -2.39. The van der Waals surface area contributed by atoms with Gasteiger partial charge in [-0.2, -0.15) is 0 Å². The lowest BCUT2D eigenvalue weighted by molar-refractivity contribution is -0.505. The molecule has 2 atom stereocenters. The maximum absolute atomic E-state index is 13.2. The minimum atomic E-state index is -3.81. The molecule has 0 aliphatic carbocycles. The first-order chi connectivity index (χ1) is 11.7. The molecule has 0 fully saturated rings. The van der Waals surface area contributed by atoms with Crippen LogP contribution in [0.15, 0.2) is 35.0 Å². The molecule has 0 amide bonds. The molecule has 3 rings (SSSR count). The van der Waals surface area contributed by atoms with Crippen LogP contribution in [-0.4, -0.2) is 36.1 Å². The van der Waals surface area contributed by atoms with E-state index in [4.69, 9.17) is 0 Å². The summed E-state index contributed by atoms with van der Waals surface area (Å²) in [6.45, 7) is 1.45. The predicted molar refractivity (Wildman–Crippen MR) is 79.4 cm³/mol. The van der Waals surface area contributed by atoms with E-state index in [1.807, 2.05) is 0 Å². The fraction of sp³-hybridized carbons (Fsp3) is 0.333. The van der Waals surface area contributed by atoms with Gasteiger partial charge in [0.1, 0.15) is 0 Å². The van der Waals surface area contributed by atoms with E-state index in [1.54, 1.807) is 0 Å². The Bertz CT molecular complexity index is 820. The van der Waals surface area contributed by atoms with Crippen molar-refractivity contribution in [1.82, 2.24) is 0 Å². The average molecular weight is 354 g/mol. The topological polar surface area (TPSA) is 100 Å². The van der Waals surface area contributed by atoms with Crippen LogP contribution in [0.3, 0.4) is 0 Å². The van der Waals surface area contributed by atoms with Gasteiger partial charge in [-0.3, -0.25) is 15.1 Å². The van der Waals surface area contributed by atoms with Crippen molar-refractivity contribution in [3.8, 4) is 11.5 Å². The van der Waals surface area contributed by atoms with E-state index in [9.17, 15) is 23.7 Å². The van der Waals surface area contributed by atoms with E-state index < -0.39 is 29.1 Å². The Morgan fingerprint density at radius 1 is 1.36 bits per heavy atom. The maximum Gasteiger partial charge on any atom is 0.586 e. The molecule has 2 aliphatic heterocycles. The Labute approximate surface area is 139 Å². The molecule has 1 aromatic carbocycles.